The third-order valence-corrected chi connectivity index (χ3v) is 6.79. The van der Waals surface area contributed by atoms with Crippen LogP contribution in [0.3, 0.4) is 0 Å². The highest BCUT2D eigenvalue weighted by atomic mass is 16.7. The van der Waals surface area contributed by atoms with Gasteiger partial charge in [-0.3, -0.25) is 4.79 Å². The summed E-state index contributed by atoms with van der Waals surface area (Å²) < 4.78 is 0. The van der Waals surface area contributed by atoms with Crippen LogP contribution in [0.15, 0.2) is 60.7 Å². The molecule has 178 valence electrons. The van der Waals surface area contributed by atoms with Crippen LogP contribution in [0, 0.1) is 0 Å². The van der Waals surface area contributed by atoms with Gasteiger partial charge in [-0.05, 0) is 58.6 Å². The Morgan fingerprint density at radius 1 is 0.939 bits per heavy atom. The molecular formula is C28H38N2O3. The van der Waals surface area contributed by atoms with Crippen molar-refractivity contribution >= 4 is 11.9 Å². The second-order valence-corrected chi connectivity index (χ2v) is 10.6. The molecule has 1 fully saturated rings. The Labute approximate surface area is 198 Å². The topological polar surface area (TPSA) is 49.9 Å². The predicted molar refractivity (Wildman–Crippen MR) is 132 cm³/mol. The summed E-state index contributed by atoms with van der Waals surface area (Å²) in [5.41, 5.74) is -0.0606. The first kappa shape index (κ1) is 25.0. The van der Waals surface area contributed by atoms with Gasteiger partial charge in [-0.25, -0.2) is 4.79 Å². The molecule has 1 aliphatic rings. The number of nitrogens with zero attached hydrogens (tertiary/aromatic N) is 2. The van der Waals surface area contributed by atoms with Gasteiger partial charge >= 0.3 is 5.97 Å². The van der Waals surface area contributed by atoms with E-state index in [4.69, 9.17) is 4.84 Å². The average molecular weight is 451 g/mol. The number of benzene rings is 2. The average Bonchev–Trinajstić information content (AvgIpc) is 2.78. The Morgan fingerprint density at radius 2 is 1.39 bits per heavy atom. The second kappa shape index (κ2) is 9.30. The second-order valence-electron chi connectivity index (χ2n) is 10.6. The molecule has 0 aliphatic carbocycles. The van der Waals surface area contributed by atoms with E-state index in [1.54, 1.807) is 5.06 Å². The molecule has 1 heterocycles. The summed E-state index contributed by atoms with van der Waals surface area (Å²) in [6, 6.07) is 19.4. The Balaban J connectivity index is 2.04. The largest absolute Gasteiger partial charge is 0.365 e. The maximum Gasteiger partial charge on any atom is 0.336 e. The van der Waals surface area contributed by atoms with Crippen LogP contribution in [0.4, 0.5) is 0 Å². The quantitative estimate of drug-likeness (QED) is 0.578. The fraction of sp³-hybridized carbons (Fsp3) is 0.500. The van der Waals surface area contributed by atoms with E-state index in [1.165, 1.54) is 0 Å². The Morgan fingerprint density at radius 3 is 1.79 bits per heavy atom. The number of rotatable bonds is 6. The highest BCUT2D eigenvalue weighted by Gasteiger charge is 2.58. The fourth-order valence-electron chi connectivity index (χ4n) is 4.93. The van der Waals surface area contributed by atoms with Gasteiger partial charge in [0.1, 0.15) is 11.5 Å². The van der Waals surface area contributed by atoms with E-state index in [0.717, 1.165) is 11.1 Å². The van der Waals surface area contributed by atoms with E-state index in [0.29, 0.717) is 19.4 Å². The molecule has 0 aromatic heterocycles. The number of amides is 1. The number of hydrogen-bond donors (Lipinski definition) is 0. The number of carbonyl (C=O) groups is 2. The lowest BCUT2D eigenvalue weighted by atomic mass is 9.80. The Kier molecular flexibility index (Phi) is 7.04. The molecule has 1 amide bonds. The van der Waals surface area contributed by atoms with Crippen molar-refractivity contribution in [3.8, 4) is 0 Å². The molecule has 3 rings (SSSR count). The summed E-state index contributed by atoms with van der Waals surface area (Å²) in [7, 11) is 0. The Hall–Kier alpha value is -2.66. The Bertz CT molecular complexity index is 920. The lowest BCUT2D eigenvalue weighted by Gasteiger charge is -2.58. The number of hydroxylamine groups is 2. The van der Waals surface area contributed by atoms with Gasteiger partial charge < -0.3 is 9.74 Å². The molecule has 0 spiro atoms. The van der Waals surface area contributed by atoms with Crippen molar-refractivity contribution in [3.05, 3.63) is 71.8 Å². The number of carbonyl (C=O) groups excluding carboxylic acids is 2. The summed E-state index contributed by atoms with van der Waals surface area (Å²) in [5, 5.41) is 1.71. The molecule has 5 heteroatoms. The van der Waals surface area contributed by atoms with Crippen LogP contribution >= 0.6 is 0 Å². The highest BCUT2D eigenvalue weighted by molar-refractivity contribution is 5.89. The van der Waals surface area contributed by atoms with Gasteiger partial charge in [0.15, 0.2) is 0 Å². The van der Waals surface area contributed by atoms with Crippen LogP contribution in [0.25, 0.3) is 0 Å². The lowest BCUT2D eigenvalue weighted by molar-refractivity contribution is -0.277. The van der Waals surface area contributed by atoms with E-state index in [1.807, 2.05) is 93.3 Å². The first-order chi connectivity index (χ1) is 15.5. The normalized spacial score (nSPS) is 18.4. The molecule has 0 saturated carbocycles. The maximum absolute atomic E-state index is 13.8. The number of piperazine rings is 1. The van der Waals surface area contributed by atoms with Gasteiger partial charge in [-0.15, -0.1) is 5.06 Å². The van der Waals surface area contributed by atoms with E-state index in [-0.39, 0.29) is 17.4 Å². The van der Waals surface area contributed by atoms with Crippen molar-refractivity contribution in [1.82, 2.24) is 9.96 Å². The van der Waals surface area contributed by atoms with Crippen LogP contribution in [0.5, 0.6) is 0 Å². The van der Waals surface area contributed by atoms with E-state index in [9.17, 15) is 9.59 Å². The highest BCUT2D eigenvalue weighted by Crippen LogP contribution is 2.41. The molecule has 2 aromatic carbocycles. The zero-order valence-corrected chi connectivity index (χ0v) is 21.1. The molecular weight excluding hydrogens is 412 g/mol. The summed E-state index contributed by atoms with van der Waals surface area (Å²) in [4.78, 5) is 35.8. The summed E-state index contributed by atoms with van der Waals surface area (Å²) >= 11 is 0. The molecule has 0 unspecified atom stereocenters. The van der Waals surface area contributed by atoms with Crippen LogP contribution < -0.4 is 0 Å². The maximum atomic E-state index is 13.8. The zero-order valence-electron chi connectivity index (χ0n) is 21.1. The minimum absolute atomic E-state index is 0.0168. The minimum atomic E-state index is -0.914. The van der Waals surface area contributed by atoms with Gasteiger partial charge in [0, 0.05) is 12.1 Å². The minimum Gasteiger partial charge on any atom is -0.365 e. The van der Waals surface area contributed by atoms with Crippen LogP contribution in [0.2, 0.25) is 0 Å². The van der Waals surface area contributed by atoms with E-state index >= 15 is 0 Å². The van der Waals surface area contributed by atoms with Gasteiger partial charge in [-0.2, -0.15) is 0 Å². The van der Waals surface area contributed by atoms with Gasteiger partial charge in [-0.1, -0.05) is 74.5 Å². The van der Waals surface area contributed by atoms with Crippen molar-refractivity contribution < 1.29 is 14.4 Å². The van der Waals surface area contributed by atoms with E-state index < -0.39 is 17.0 Å². The third kappa shape index (κ3) is 4.70. The van der Waals surface area contributed by atoms with Crippen molar-refractivity contribution in [2.75, 3.05) is 6.54 Å². The summed E-state index contributed by atoms with van der Waals surface area (Å²) in [5.74, 6) is -0.933. The van der Waals surface area contributed by atoms with Crippen molar-refractivity contribution in [2.24, 2.45) is 0 Å². The van der Waals surface area contributed by atoms with Gasteiger partial charge in [0.2, 0.25) is 5.91 Å². The van der Waals surface area contributed by atoms with Crippen LogP contribution in [-0.2, 0) is 14.4 Å². The molecule has 5 nitrogen and oxygen atoms in total. The molecule has 33 heavy (non-hydrogen) atoms. The smallest absolute Gasteiger partial charge is 0.336 e. The SMILES string of the molecule is CCC1(CC)C(=O)N(C(C)(C)C)CC(C)(C)N1OC(=O)C(c1ccccc1)c1ccccc1. The van der Waals surface area contributed by atoms with Crippen molar-refractivity contribution in [2.45, 2.75) is 83.8 Å². The first-order valence-electron chi connectivity index (χ1n) is 11.9. The van der Waals surface area contributed by atoms with Crippen molar-refractivity contribution in [3.63, 3.8) is 0 Å². The van der Waals surface area contributed by atoms with Gasteiger partial charge in [0.05, 0.1) is 5.54 Å². The van der Waals surface area contributed by atoms with E-state index in [2.05, 4.69) is 20.8 Å². The first-order valence-corrected chi connectivity index (χ1v) is 11.9. The molecule has 0 radical (unpaired) electrons. The molecule has 0 atom stereocenters. The van der Waals surface area contributed by atoms with Crippen molar-refractivity contribution in [1.29, 1.82) is 0 Å². The molecule has 0 N–H and O–H groups in total. The molecule has 1 saturated heterocycles. The van der Waals surface area contributed by atoms with Gasteiger partial charge in [0.25, 0.3) is 0 Å². The molecule has 0 bridgehead atoms. The van der Waals surface area contributed by atoms with Crippen LogP contribution in [0.1, 0.15) is 78.4 Å². The summed E-state index contributed by atoms with van der Waals surface area (Å²) in [6.07, 6.45) is 1.10. The molecule has 2 aromatic rings. The third-order valence-electron chi connectivity index (χ3n) is 6.79. The standard InChI is InChI=1S/C28H38N2O3/c1-8-28(9-2)25(32)29(26(3,4)5)20-27(6,7)30(28)33-24(31)23(21-16-12-10-13-17-21)22-18-14-11-15-19-22/h10-19,23H,8-9,20H2,1-7H3. The molecule has 1 aliphatic heterocycles. The summed E-state index contributed by atoms with van der Waals surface area (Å²) in [6.45, 7) is 14.7. The lowest BCUT2D eigenvalue weighted by Crippen LogP contribution is -2.75. The predicted octanol–water partition coefficient (Wildman–Crippen LogP) is 5.56. The number of hydrogen-bond acceptors (Lipinski definition) is 4. The fourth-order valence-corrected chi connectivity index (χ4v) is 4.93. The zero-order chi connectivity index (χ0) is 24.4. The monoisotopic (exact) mass is 450 g/mol. The van der Waals surface area contributed by atoms with Crippen LogP contribution in [-0.4, -0.2) is 45.0 Å².